The van der Waals surface area contributed by atoms with Crippen LogP contribution in [0.15, 0.2) is 24.3 Å². The third-order valence-electron chi connectivity index (χ3n) is 3.46. The van der Waals surface area contributed by atoms with E-state index in [1.807, 2.05) is 36.1 Å². The summed E-state index contributed by atoms with van der Waals surface area (Å²) in [5.41, 5.74) is 6.60. The Hall–Kier alpha value is -1.55. The summed E-state index contributed by atoms with van der Waals surface area (Å²) in [5, 5.41) is 0. The van der Waals surface area contributed by atoms with Gasteiger partial charge in [-0.2, -0.15) is 0 Å². The molecule has 0 aliphatic carbocycles. The Morgan fingerprint density at radius 2 is 2.11 bits per heavy atom. The Morgan fingerprint density at radius 3 is 2.79 bits per heavy atom. The number of rotatable bonds is 4. The molecule has 4 nitrogen and oxygen atoms in total. The van der Waals surface area contributed by atoms with E-state index in [9.17, 15) is 4.79 Å². The van der Waals surface area contributed by atoms with E-state index in [-0.39, 0.29) is 5.91 Å². The standard InChI is InChI=1S/C15H22N2O2/c1-12(15(18)17-8-3-2-4-9-17)19-14-7-5-6-13(10-14)11-16/h5-7,10,12H,2-4,8-9,11,16H2,1H3. The molecule has 2 rings (SSSR count). The van der Waals surface area contributed by atoms with Gasteiger partial charge in [0.2, 0.25) is 0 Å². The molecule has 0 saturated carbocycles. The lowest BCUT2D eigenvalue weighted by Crippen LogP contribution is -2.43. The fraction of sp³-hybridized carbons (Fsp3) is 0.533. The number of benzene rings is 1. The normalized spacial score (nSPS) is 17.1. The maximum absolute atomic E-state index is 12.2. The summed E-state index contributed by atoms with van der Waals surface area (Å²) in [6.45, 7) is 4.00. The van der Waals surface area contributed by atoms with Gasteiger partial charge in [0.25, 0.3) is 5.91 Å². The molecule has 1 heterocycles. The van der Waals surface area contributed by atoms with Crippen molar-refractivity contribution in [2.75, 3.05) is 13.1 Å². The molecule has 0 radical (unpaired) electrons. The fourth-order valence-corrected chi connectivity index (χ4v) is 2.37. The van der Waals surface area contributed by atoms with E-state index in [1.165, 1.54) is 6.42 Å². The minimum Gasteiger partial charge on any atom is -0.481 e. The summed E-state index contributed by atoms with van der Waals surface area (Å²) in [4.78, 5) is 14.1. The number of piperidine rings is 1. The van der Waals surface area contributed by atoms with Gasteiger partial charge in [0.05, 0.1) is 0 Å². The van der Waals surface area contributed by atoms with Crippen molar-refractivity contribution in [1.82, 2.24) is 4.90 Å². The Kier molecular flexibility index (Phi) is 4.80. The topological polar surface area (TPSA) is 55.6 Å². The molecule has 1 unspecified atom stereocenters. The van der Waals surface area contributed by atoms with E-state index in [2.05, 4.69) is 0 Å². The van der Waals surface area contributed by atoms with Crippen molar-refractivity contribution < 1.29 is 9.53 Å². The van der Waals surface area contributed by atoms with E-state index >= 15 is 0 Å². The van der Waals surface area contributed by atoms with Crippen molar-refractivity contribution in [2.24, 2.45) is 5.73 Å². The molecule has 1 aliphatic heterocycles. The van der Waals surface area contributed by atoms with Crippen LogP contribution in [0.1, 0.15) is 31.7 Å². The highest BCUT2D eigenvalue weighted by atomic mass is 16.5. The number of nitrogens with two attached hydrogens (primary N) is 1. The van der Waals surface area contributed by atoms with Gasteiger partial charge in [-0.15, -0.1) is 0 Å². The first-order chi connectivity index (χ1) is 9.20. The summed E-state index contributed by atoms with van der Waals surface area (Å²) < 4.78 is 5.73. The molecular weight excluding hydrogens is 240 g/mol. The number of nitrogens with zero attached hydrogens (tertiary/aromatic N) is 1. The third-order valence-corrected chi connectivity index (χ3v) is 3.46. The molecule has 1 aliphatic rings. The minimum absolute atomic E-state index is 0.0813. The van der Waals surface area contributed by atoms with Crippen LogP contribution in [-0.2, 0) is 11.3 Å². The second-order valence-corrected chi connectivity index (χ2v) is 5.00. The van der Waals surface area contributed by atoms with Crippen LogP contribution >= 0.6 is 0 Å². The summed E-state index contributed by atoms with van der Waals surface area (Å²) in [7, 11) is 0. The van der Waals surface area contributed by atoms with Gasteiger partial charge in [-0.1, -0.05) is 12.1 Å². The summed E-state index contributed by atoms with van der Waals surface area (Å²) >= 11 is 0. The van der Waals surface area contributed by atoms with Gasteiger partial charge in [0, 0.05) is 19.6 Å². The monoisotopic (exact) mass is 262 g/mol. The molecule has 1 amide bonds. The Morgan fingerprint density at radius 1 is 1.37 bits per heavy atom. The molecule has 19 heavy (non-hydrogen) atoms. The van der Waals surface area contributed by atoms with Crippen molar-refractivity contribution in [3.05, 3.63) is 29.8 Å². The van der Waals surface area contributed by atoms with Crippen molar-refractivity contribution >= 4 is 5.91 Å². The lowest BCUT2D eigenvalue weighted by molar-refractivity contribution is -0.138. The van der Waals surface area contributed by atoms with E-state index in [0.29, 0.717) is 12.3 Å². The largest absolute Gasteiger partial charge is 0.481 e. The number of amides is 1. The van der Waals surface area contributed by atoms with Crippen molar-refractivity contribution in [3.8, 4) is 5.75 Å². The molecular formula is C15H22N2O2. The van der Waals surface area contributed by atoms with Gasteiger partial charge in [-0.3, -0.25) is 4.79 Å². The van der Waals surface area contributed by atoms with E-state index in [0.717, 1.165) is 31.5 Å². The number of likely N-dealkylation sites (tertiary alicyclic amines) is 1. The molecule has 1 saturated heterocycles. The number of carbonyl (C=O) groups is 1. The zero-order chi connectivity index (χ0) is 13.7. The van der Waals surface area contributed by atoms with Crippen molar-refractivity contribution in [2.45, 2.75) is 38.8 Å². The molecule has 1 atom stereocenters. The smallest absolute Gasteiger partial charge is 0.263 e. The molecule has 2 N–H and O–H groups in total. The van der Waals surface area contributed by atoms with Gasteiger partial charge in [0.15, 0.2) is 6.10 Å². The van der Waals surface area contributed by atoms with Crippen LogP contribution in [0.4, 0.5) is 0 Å². The first kappa shape index (κ1) is 13.9. The molecule has 4 heteroatoms. The van der Waals surface area contributed by atoms with Crippen LogP contribution in [0.3, 0.4) is 0 Å². The fourth-order valence-electron chi connectivity index (χ4n) is 2.37. The van der Waals surface area contributed by atoms with Gasteiger partial charge in [-0.05, 0) is 43.9 Å². The maximum Gasteiger partial charge on any atom is 0.263 e. The summed E-state index contributed by atoms with van der Waals surface area (Å²) in [6, 6.07) is 7.60. The Labute approximate surface area is 114 Å². The van der Waals surface area contributed by atoms with E-state index in [4.69, 9.17) is 10.5 Å². The van der Waals surface area contributed by atoms with Gasteiger partial charge in [0.1, 0.15) is 5.75 Å². The molecule has 1 fully saturated rings. The summed E-state index contributed by atoms with van der Waals surface area (Å²) in [5.74, 6) is 0.790. The molecule has 0 spiro atoms. The average molecular weight is 262 g/mol. The SMILES string of the molecule is CC(Oc1cccc(CN)c1)C(=O)N1CCCCC1. The highest BCUT2D eigenvalue weighted by Gasteiger charge is 2.23. The average Bonchev–Trinajstić information content (AvgIpc) is 2.47. The summed E-state index contributed by atoms with van der Waals surface area (Å²) in [6.07, 6.45) is 2.98. The van der Waals surface area contributed by atoms with Crippen LogP contribution in [-0.4, -0.2) is 30.0 Å². The van der Waals surface area contributed by atoms with Crippen LogP contribution in [0.2, 0.25) is 0 Å². The molecule has 0 aromatic heterocycles. The number of carbonyl (C=O) groups excluding carboxylic acids is 1. The molecule has 1 aromatic carbocycles. The zero-order valence-corrected chi connectivity index (χ0v) is 11.5. The quantitative estimate of drug-likeness (QED) is 0.902. The van der Waals surface area contributed by atoms with Crippen molar-refractivity contribution in [3.63, 3.8) is 0 Å². The number of ether oxygens (including phenoxy) is 1. The number of hydrogen-bond acceptors (Lipinski definition) is 3. The van der Waals surface area contributed by atoms with Crippen LogP contribution < -0.4 is 10.5 Å². The predicted octanol–water partition coefficient (Wildman–Crippen LogP) is 1.93. The second kappa shape index (κ2) is 6.57. The van der Waals surface area contributed by atoms with Gasteiger partial charge in [-0.25, -0.2) is 0 Å². The minimum atomic E-state index is -0.439. The van der Waals surface area contributed by atoms with E-state index in [1.54, 1.807) is 0 Å². The maximum atomic E-state index is 12.2. The van der Waals surface area contributed by atoms with Crippen molar-refractivity contribution in [1.29, 1.82) is 0 Å². The van der Waals surface area contributed by atoms with Crippen LogP contribution in [0.5, 0.6) is 5.75 Å². The molecule has 0 bridgehead atoms. The molecule has 1 aromatic rings. The highest BCUT2D eigenvalue weighted by molar-refractivity contribution is 5.81. The highest BCUT2D eigenvalue weighted by Crippen LogP contribution is 2.17. The van der Waals surface area contributed by atoms with E-state index < -0.39 is 6.10 Å². The Balaban J connectivity index is 1.95. The lowest BCUT2D eigenvalue weighted by Gasteiger charge is -2.29. The number of hydrogen-bond donors (Lipinski definition) is 1. The lowest BCUT2D eigenvalue weighted by atomic mass is 10.1. The first-order valence-corrected chi connectivity index (χ1v) is 6.95. The second-order valence-electron chi connectivity index (χ2n) is 5.00. The predicted molar refractivity (Wildman–Crippen MR) is 74.9 cm³/mol. The third kappa shape index (κ3) is 3.70. The van der Waals surface area contributed by atoms with Gasteiger partial charge < -0.3 is 15.4 Å². The first-order valence-electron chi connectivity index (χ1n) is 6.95. The van der Waals surface area contributed by atoms with Crippen LogP contribution in [0.25, 0.3) is 0 Å². The van der Waals surface area contributed by atoms with Gasteiger partial charge >= 0.3 is 0 Å². The zero-order valence-electron chi connectivity index (χ0n) is 11.5. The molecule has 104 valence electrons. The van der Waals surface area contributed by atoms with Crippen LogP contribution in [0, 0.1) is 0 Å². The Bertz CT molecular complexity index is 428.